The van der Waals surface area contributed by atoms with E-state index in [2.05, 4.69) is 15.2 Å². The van der Waals surface area contributed by atoms with E-state index in [0.717, 1.165) is 35.4 Å². The number of urea groups is 1. The zero-order chi connectivity index (χ0) is 17.9. The number of hydrogen-bond acceptors (Lipinski definition) is 3. The molecule has 2 amide bonds. The van der Waals surface area contributed by atoms with Gasteiger partial charge in [-0.1, -0.05) is 12.1 Å². The third-order valence-corrected chi connectivity index (χ3v) is 4.62. The molecule has 1 aromatic heterocycles. The predicted molar refractivity (Wildman–Crippen MR) is 101 cm³/mol. The van der Waals surface area contributed by atoms with Gasteiger partial charge >= 0.3 is 6.03 Å². The van der Waals surface area contributed by atoms with Gasteiger partial charge in [0.05, 0.1) is 5.52 Å². The first-order valence-electron chi connectivity index (χ1n) is 8.60. The zero-order valence-electron chi connectivity index (χ0n) is 14.2. The molecule has 6 heteroatoms. The summed E-state index contributed by atoms with van der Waals surface area (Å²) in [6.45, 7) is 2.68. The molecule has 0 radical (unpaired) electrons. The summed E-state index contributed by atoms with van der Waals surface area (Å²) in [5.74, 6) is -0.239. The Hall–Kier alpha value is -3.15. The first kappa shape index (κ1) is 16.3. The molecular weight excluding hydrogens is 331 g/mol. The van der Waals surface area contributed by atoms with Crippen LogP contribution in [0.3, 0.4) is 0 Å². The van der Waals surface area contributed by atoms with E-state index in [1.165, 1.54) is 12.1 Å². The quantitative estimate of drug-likeness (QED) is 0.766. The van der Waals surface area contributed by atoms with Gasteiger partial charge in [0.1, 0.15) is 5.82 Å². The summed E-state index contributed by atoms with van der Waals surface area (Å²) in [6, 6.07) is 15.9. The van der Waals surface area contributed by atoms with Gasteiger partial charge in [0.25, 0.3) is 0 Å². The molecule has 1 N–H and O–H groups in total. The largest absolute Gasteiger partial charge is 0.368 e. The predicted octanol–water partition coefficient (Wildman–Crippen LogP) is 3.73. The lowest BCUT2D eigenvalue weighted by atomic mass is 10.2. The van der Waals surface area contributed by atoms with Gasteiger partial charge in [-0.15, -0.1) is 0 Å². The lowest BCUT2D eigenvalue weighted by Gasteiger charge is -2.36. The Morgan fingerprint density at radius 2 is 1.77 bits per heavy atom. The van der Waals surface area contributed by atoms with Gasteiger partial charge in [0, 0.05) is 49.1 Å². The van der Waals surface area contributed by atoms with Gasteiger partial charge in [-0.2, -0.15) is 0 Å². The number of carbonyl (C=O) groups is 1. The van der Waals surface area contributed by atoms with Crippen LogP contribution in [0, 0.1) is 5.82 Å². The number of benzene rings is 2. The molecule has 0 saturated carbocycles. The summed E-state index contributed by atoms with van der Waals surface area (Å²) < 4.78 is 13.0. The molecule has 4 rings (SSSR count). The molecule has 0 bridgehead atoms. The SMILES string of the molecule is O=C(Nc1ccc2cccnc2c1)N1CCN(c2ccc(F)cc2)CC1. The van der Waals surface area contributed by atoms with Gasteiger partial charge in [-0.05, 0) is 42.5 Å². The van der Waals surface area contributed by atoms with E-state index in [1.54, 1.807) is 23.2 Å². The first-order chi connectivity index (χ1) is 12.7. The minimum Gasteiger partial charge on any atom is -0.368 e. The van der Waals surface area contributed by atoms with Crippen LogP contribution in [0.2, 0.25) is 0 Å². The summed E-state index contributed by atoms with van der Waals surface area (Å²) in [7, 11) is 0. The van der Waals surface area contributed by atoms with Crippen molar-refractivity contribution in [1.82, 2.24) is 9.88 Å². The third kappa shape index (κ3) is 3.44. The maximum atomic E-state index is 13.0. The highest BCUT2D eigenvalue weighted by Gasteiger charge is 2.21. The Morgan fingerprint density at radius 1 is 1.00 bits per heavy atom. The Kier molecular flexibility index (Phi) is 4.39. The second-order valence-corrected chi connectivity index (χ2v) is 6.29. The van der Waals surface area contributed by atoms with Crippen molar-refractivity contribution in [2.75, 3.05) is 36.4 Å². The van der Waals surface area contributed by atoms with Crippen LogP contribution in [0.1, 0.15) is 0 Å². The molecule has 132 valence electrons. The molecule has 0 spiro atoms. The smallest absolute Gasteiger partial charge is 0.321 e. The summed E-state index contributed by atoms with van der Waals surface area (Å²) in [6.07, 6.45) is 1.74. The van der Waals surface area contributed by atoms with E-state index in [9.17, 15) is 9.18 Å². The summed E-state index contributed by atoms with van der Waals surface area (Å²) in [5.41, 5.74) is 2.57. The van der Waals surface area contributed by atoms with Crippen molar-refractivity contribution in [3.05, 3.63) is 66.6 Å². The fourth-order valence-corrected chi connectivity index (χ4v) is 3.17. The van der Waals surface area contributed by atoms with Crippen LogP contribution >= 0.6 is 0 Å². The topological polar surface area (TPSA) is 48.5 Å². The van der Waals surface area contributed by atoms with Crippen molar-refractivity contribution in [3.8, 4) is 0 Å². The zero-order valence-corrected chi connectivity index (χ0v) is 14.2. The molecule has 1 saturated heterocycles. The number of hydrogen-bond donors (Lipinski definition) is 1. The second-order valence-electron chi connectivity index (χ2n) is 6.29. The van der Waals surface area contributed by atoms with Crippen LogP contribution in [0.5, 0.6) is 0 Å². The maximum absolute atomic E-state index is 13.0. The highest BCUT2D eigenvalue weighted by atomic mass is 19.1. The number of aromatic nitrogens is 1. The lowest BCUT2D eigenvalue weighted by Crippen LogP contribution is -2.50. The highest BCUT2D eigenvalue weighted by molar-refractivity contribution is 5.92. The Bertz CT molecular complexity index is 921. The van der Waals surface area contributed by atoms with E-state index in [-0.39, 0.29) is 11.8 Å². The minimum atomic E-state index is -0.239. The number of nitrogens with zero attached hydrogens (tertiary/aromatic N) is 3. The van der Waals surface area contributed by atoms with E-state index in [4.69, 9.17) is 0 Å². The van der Waals surface area contributed by atoms with Crippen LogP contribution in [-0.4, -0.2) is 42.1 Å². The Morgan fingerprint density at radius 3 is 2.54 bits per heavy atom. The average Bonchev–Trinajstić information content (AvgIpc) is 2.68. The number of amides is 2. The van der Waals surface area contributed by atoms with Crippen LogP contribution < -0.4 is 10.2 Å². The molecule has 3 aromatic rings. The molecule has 5 nitrogen and oxygen atoms in total. The standard InChI is InChI=1S/C20H19FN4O/c21-16-4-7-18(8-5-16)24-10-12-25(13-11-24)20(26)23-17-6-3-15-2-1-9-22-19(15)14-17/h1-9,14H,10-13H2,(H,23,26). The molecule has 2 heterocycles. The van der Waals surface area contributed by atoms with Gasteiger partial charge in [0.15, 0.2) is 0 Å². The lowest BCUT2D eigenvalue weighted by molar-refractivity contribution is 0.208. The normalized spacial score (nSPS) is 14.5. The number of pyridine rings is 1. The van der Waals surface area contributed by atoms with Crippen molar-refractivity contribution in [3.63, 3.8) is 0 Å². The van der Waals surface area contributed by atoms with E-state index in [0.29, 0.717) is 13.1 Å². The maximum Gasteiger partial charge on any atom is 0.321 e. The first-order valence-corrected chi connectivity index (χ1v) is 8.60. The molecule has 0 unspecified atom stereocenters. The fourth-order valence-electron chi connectivity index (χ4n) is 3.17. The van der Waals surface area contributed by atoms with Gasteiger partial charge in [0.2, 0.25) is 0 Å². The minimum absolute atomic E-state index is 0.112. The van der Waals surface area contributed by atoms with Crippen LogP contribution in [-0.2, 0) is 0 Å². The van der Waals surface area contributed by atoms with E-state index in [1.807, 2.05) is 30.3 Å². The second kappa shape index (κ2) is 7.00. The number of halogens is 1. The average molecular weight is 350 g/mol. The molecule has 1 aliphatic heterocycles. The number of anilines is 2. The van der Waals surface area contributed by atoms with Crippen molar-refractivity contribution < 1.29 is 9.18 Å². The molecule has 0 atom stereocenters. The van der Waals surface area contributed by atoms with E-state index < -0.39 is 0 Å². The van der Waals surface area contributed by atoms with Gasteiger partial charge in [-0.25, -0.2) is 9.18 Å². The summed E-state index contributed by atoms with van der Waals surface area (Å²) in [4.78, 5) is 20.8. The van der Waals surface area contributed by atoms with Crippen molar-refractivity contribution in [1.29, 1.82) is 0 Å². The Labute approximate surface area is 151 Å². The number of carbonyl (C=O) groups excluding carboxylic acids is 1. The molecular formula is C20H19FN4O. The van der Waals surface area contributed by atoms with Crippen molar-refractivity contribution in [2.24, 2.45) is 0 Å². The Balaban J connectivity index is 1.37. The van der Waals surface area contributed by atoms with Gasteiger partial charge in [-0.3, -0.25) is 4.98 Å². The fraction of sp³-hybridized carbons (Fsp3) is 0.200. The van der Waals surface area contributed by atoms with Crippen LogP contribution in [0.4, 0.5) is 20.6 Å². The van der Waals surface area contributed by atoms with E-state index >= 15 is 0 Å². The highest BCUT2D eigenvalue weighted by Crippen LogP contribution is 2.19. The molecule has 1 aliphatic rings. The third-order valence-electron chi connectivity index (χ3n) is 4.62. The number of piperazine rings is 1. The van der Waals surface area contributed by atoms with Crippen molar-refractivity contribution in [2.45, 2.75) is 0 Å². The number of rotatable bonds is 2. The monoisotopic (exact) mass is 350 g/mol. The summed E-state index contributed by atoms with van der Waals surface area (Å²) >= 11 is 0. The number of fused-ring (bicyclic) bond motifs is 1. The molecule has 26 heavy (non-hydrogen) atoms. The molecule has 0 aliphatic carbocycles. The van der Waals surface area contributed by atoms with Gasteiger partial charge < -0.3 is 15.1 Å². The molecule has 2 aromatic carbocycles. The summed E-state index contributed by atoms with van der Waals surface area (Å²) in [5, 5.41) is 3.98. The van der Waals surface area contributed by atoms with Crippen molar-refractivity contribution >= 4 is 28.3 Å². The van der Waals surface area contributed by atoms with Crippen LogP contribution in [0.15, 0.2) is 60.8 Å². The molecule has 1 fully saturated rings. The number of nitrogens with one attached hydrogen (secondary N) is 1. The van der Waals surface area contributed by atoms with Crippen LogP contribution in [0.25, 0.3) is 10.9 Å².